The number of thiophene rings is 1. The SMILES string of the molecule is CCN(CC)C(=O)c1sc(NC(=S)NNC(=O)COc2ccc(C(C)(C)c3ccccc3)cc2)c(C(=O)OC)c1C. The average Bonchev–Trinajstić information content (AvgIpc) is 3.30. The summed E-state index contributed by atoms with van der Waals surface area (Å²) in [6.07, 6.45) is 0. The predicted octanol–water partition coefficient (Wildman–Crippen LogP) is 5.05. The highest BCUT2D eigenvalue weighted by molar-refractivity contribution is 7.80. The number of carbonyl (C=O) groups is 3. The maximum Gasteiger partial charge on any atom is 0.341 e. The number of hydrazine groups is 1. The summed E-state index contributed by atoms with van der Waals surface area (Å²) in [6.45, 7) is 10.6. The normalized spacial score (nSPS) is 10.9. The fourth-order valence-electron chi connectivity index (χ4n) is 4.24. The Hall–Kier alpha value is -3.96. The number of thiocarbonyl (C=S) groups is 1. The number of benzene rings is 2. The molecule has 2 aromatic carbocycles. The highest BCUT2D eigenvalue weighted by Crippen LogP contribution is 2.35. The molecule has 0 aliphatic rings. The van der Waals surface area contributed by atoms with Crippen molar-refractivity contribution in [2.75, 3.05) is 32.1 Å². The lowest BCUT2D eigenvalue weighted by molar-refractivity contribution is -0.123. The van der Waals surface area contributed by atoms with E-state index >= 15 is 0 Å². The Kier molecular flexibility index (Phi) is 10.8. The standard InChI is InChI=1S/C30H36N4O5S2/c1-7-34(8-2)27(36)25-19(3)24(28(37)38-6)26(41-25)31-29(40)33-32-23(35)18-39-22-16-14-21(15-17-22)30(4,5)20-12-10-9-11-13-20/h9-17H,7-8,18H2,1-6H3,(H,32,35)(H2,31,33,40). The molecule has 0 bridgehead atoms. The minimum Gasteiger partial charge on any atom is -0.484 e. The van der Waals surface area contributed by atoms with Gasteiger partial charge in [-0.2, -0.15) is 0 Å². The van der Waals surface area contributed by atoms with E-state index in [1.165, 1.54) is 12.7 Å². The molecule has 0 saturated carbocycles. The zero-order valence-corrected chi connectivity index (χ0v) is 25.8. The Morgan fingerprint density at radius 1 is 0.951 bits per heavy atom. The second kappa shape index (κ2) is 14.1. The molecule has 0 aliphatic heterocycles. The lowest BCUT2D eigenvalue weighted by Crippen LogP contribution is -2.45. The summed E-state index contributed by atoms with van der Waals surface area (Å²) in [4.78, 5) is 39.9. The molecule has 2 amide bonds. The zero-order valence-electron chi connectivity index (χ0n) is 24.1. The molecule has 3 rings (SSSR count). The molecule has 0 saturated heterocycles. The summed E-state index contributed by atoms with van der Waals surface area (Å²) < 4.78 is 10.5. The molecule has 41 heavy (non-hydrogen) atoms. The van der Waals surface area contributed by atoms with Gasteiger partial charge in [0, 0.05) is 18.5 Å². The van der Waals surface area contributed by atoms with Crippen molar-refractivity contribution in [1.82, 2.24) is 15.8 Å². The minimum absolute atomic E-state index is 0.0269. The number of ether oxygens (including phenoxy) is 2. The van der Waals surface area contributed by atoms with Crippen molar-refractivity contribution in [2.24, 2.45) is 0 Å². The molecule has 0 spiro atoms. The number of anilines is 1. The van der Waals surface area contributed by atoms with E-state index in [1.807, 2.05) is 56.3 Å². The molecular weight excluding hydrogens is 560 g/mol. The van der Waals surface area contributed by atoms with Crippen molar-refractivity contribution in [3.8, 4) is 5.75 Å². The quantitative estimate of drug-likeness (QED) is 0.170. The highest BCUT2D eigenvalue weighted by atomic mass is 32.1. The van der Waals surface area contributed by atoms with Gasteiger partial charge in [-0.1, -0.05) is 56.3 Å². The van der Waals surface area contributed by atoms with Crippen LogP contribution in [0.25, 0.3) is 0 Å². The van der Waals surface area contributed by atoms with E-state index in [1.54, 1.807) is 11.8 Å². The Morgan fingerprint density at radius 3 is 2.15 bits per heavy atom. The number of nitrogens with zero attached hydrogens (tertiary/aromatic N) is 1. The number of esters is 1. The van der Waals surface area contributed by atoms with Crippen LogP contribution in [0.2, 0.25) is 0 Å². The third-order valence-electron chi connectivity index (χ3n) is 6.77. The van der Waals surface area contributed by atoms with Gasteiger partial charge >= 0.3 is 5.97 Å². The summed E-state index contributed by atoms with van der Waals surface area (Å²) >= 11 is 6.40. The van der Waals surface area contributed by atoms with Gasteiger partial charge in [-0.25, -0.2) is 4.79 Å². The average molecular weight is 597 g/mol. The van der Waals surface area contributed by atoms with Crippen LogP contribution in [0.3, 0.4) is 0 Å². The number of amides is 2. The highest BCUT2D eigenvalue weighted by Gasteiger charge is 2.28. The van der Waals surface area contributed by atoms with Gasteiger partial charge in [0.2, 0.25) is 0 Å². The smallest absolute Gasteiger partial charge is 0.341 e. The molecule has 1 aromatic heterocycles. The Morgan fingerprint density at radius 2 is 1.56 bits per heavy atom. The van der Waals surface area contributed by atoms with Gasteiger partial charge in [0.15, 0.2) is 11.7 Å². The molecule has 218 valence electrons. The first-order valence-corrected chi connectivity index (χ1v) is 14.4. The number of nitrogens with one attached hydrogen (secondary N) is 3. The van der Waals surface area contributed by atoms with E-state index in [0.717, 1.165) is 16.9 Å². The van der Waals surface area contributed by atoms with E-state index in [4.69, 9.17) is 21.7 Å². The molecule has 0 fully saturated rings. The fourth-order valence-corrected chi connectivity index (χ4v) is 5.63. The summed E-state index contributed by atoms with van der Waals surface area (Å²) in [6, 6.07) is 17.9. The van der Waals surface area contributed by atoms with Crippen LogP contribution < -0.4 is 20.9 Å². The first kappa shape index (κ1) is 31.6. The van der Waals surface area contributed by atoms with Crippen molar-refractivity contribution in [3.05, 3.63) is 81.7 Å². The number of hydrogen-bond donors (Lipinski definition) is 3. The van der Waals surface area contributed by atoms with Crippen molar-refractivity contribution in [2.45, 2.75) is 40.0 Å². The first-order valence-electron chi connectivity index (χ1n) is 13.2. The van der Waals surface area contributed by atoms with Gasteiger partial charge in [0.05, 0.1) is 17.6 Å². The second-order valence-corrected chi connectivity index (χ2v) is 11.1. The molecule has 9 nitrogen and oxygen atoms in total. The van der Waals surface area contributed by atoms with E-state index in [-0.39, 0.29) is 28.6 Å². The summed E-state index contributed by atoms with van der Waals surface area (Å²) in [7, 11) is 1.27. The van der Waals surface area contributed by atoms with Crippen LogP contribution in [0.4, 0.5) is 5.00 Å². The molecule has 0 atom stereocenters. The Bertz CT molecular complexity index is 1380. The topological polar surface area (TPSA) is 109 Å². The second-order valence-electron chi connectivity index (χ2n) is 9.66. The van der Waals surface area contributed by atoms with Crippen molar-refractivity contribution in [1.29, 1.82) is 0 Å². The maximum atomic E-state index is 13.0. The van der Waals surface area contributed by atoms with Gasteiger partial charge in [0.1, 0.15) is 10.8 Å². The number of methoxy groups -OCH3 is 1. The van der Waals surface area contributed by atoms with Gasteiger partial charge in [-0.05, 0) is 61.8 Å². The van der Waals surface area contributed by atoms with Crippen molar-refractivity contribution < 1.29 is 23.9 Å². The van der Waals surface area contributed by atoms with E-state index in [0.29, 0.717) is 34.3 Å². The van der Waals surface area contributed by atoms with Crippen LogP contribution in [0.1, 0.15) is 64.4 Å². The lowest BCUT2D eigenvalue weighted by atomic mass is 9.78. The summed E-state index contributed by atoms with van der Waals surface area (Å²) in [5.41, 5.74) is 7.92. The maximum absolute atomic E-state index is 13.0. The summed E-state index contributed by atoms with van der Waals surface area (Å²) in [5.74, 6) is -0.693. The van der Waals surface area contributed by atoms with Crippen LogP contribution in [-0.2, 0) is 14.9 Å². The predicted molar refractivity (Wildman–Crippen MR) is 166 cm³/mol. The van der Waals surface area contributed by atoms with Crippen LogP contribution in [0.5, 0.6) is 5.75 Å². The van der Waals surface area contributed by atoms with Gasteiger partial charge < -0.3 is 19.7 Å². The van der Waals surface area contributed by atoms with Crippen LogP contribution >= 0.6 is 23.6 Å². The van der Waals surface area contributed by atoms with E-state index in [9.17, 15) is 14.4 Å². The number of hydrogen-bond acceptors (Lipinski definition) is 7. The molecule has 3 aromatic rings. The van der Waals surface area contributed by atoms with Crippen molar-refractivity contribution in [3.63, 3.8) is 0 Å². The molecular formula is C30H36N4O5S2. The largest absolute Gasteiger partial charge is 0.484 e. The van der Waals surface area contributed by atoms with Crippen LogP contribution in [0, 0.1) is 6.92 Å². The first-order chi connectivity index (χ1) is 19.5. The molecule has 1 heterocycles. The van der Waals surface area contributed by atoms with Gasteiger partial charge in [-0.15, -0.1) is 11.3 Å². The zero-order chi connectivity index (χ0) is 30.2. The molecule has 0 aliphatic carbocycles. The van der Waals surface area contributed by atoms with Gasteiger partial charge in [0.25, 0.3) is 11.8 Å². The Labute approximate surface area is 250 Å². The molecule has 11 heteroatoms. The van der Waals surface area contributed by atoms with Gasteiger partial charge in [-0.3, -0.25) is 20.4 Å². The number of rotatable bonds is 10. The van der Waals surface area contributed by atoms with Crippen LogP contribution in [-0.4, -0.2) is 54.6 Å². The number of carbonyl (C=O) groups excluding carboxylic acids is 3. The Balaban J connectivity index is 1.57. The lowest BCUT2D eigenvalue weighted by Gasteiger charge is -2.26. The summed E-state index contributed by atoms with van der Waals surface area (Å²) in [5, 5.41) is 3.26. The van der Waals surface area contributed by atoms with Crippen molar-refractivity contribution >= 4 is 51.5 Å². The van der Waals surface area contributed by atoms with Crippen LogP contribution in [0.15, 0.2) is 54.6 Å². The third kappa shape index (κ3) is 7.62. The molecule has 0 radical (unpaired) electrons. The molecule has 0 unspecified atom stereocenters. The minimum atomic E-state index is -0.599. The fraction of sp³-hybridized carbons (Fsp3) is 0.333. The third-order valence-corrected chi connectivity index (χ3v) is 8.16. The van der Waals surface area contributed by atoms with E-state index in [2.05, 4.69) is 42.1 Å². The van der Waals surface area contributed by atoms with E-state index < -0.39 is 11.9 Å². The monoisotopic (exact) mass is 596 g/mol. The molecule has 3 N–H and O–H groups in total.